The highest BCUT2D eigenvalue weighted by molar-refractivity contribution is 6.30. The predicted octanol–water partition coefficient (Wildman–Crippen LogP) is 1.44. The lowest BCUT2D eigenvalue weighted by atomic mass is 10.2. The summed E-state index contributed by atoms with van der Waals surface area (Å²) in [6.07, 6.45) is 0.942. The zero-order chi connectivity index (χ0) is 18.9. The molecule has 144 valence electrons. The molecule has 0 unspecified atom stereocenters. The Labute approximate surface area is 161 Å². The number of nitrogens with zero attached hydrogens (tertiary/aromatic N) is 3. The maximum atomic E-state index is 12.5. The molecule has 0 spiro atoms. The topological polar surface area (TPSA) is 55.9 Å². The molecule has 1 saturated heterocycles. The van der Waals surface area contributed by atoms with Crippen molar-refractivity contribution in [3.05, 3.63) is 34.9 Å². The summed E-state index contributed by atoms with van der Waals surface area (Å²) in [7, 11) is 1.95. The minimum Gasteiger partial charge on any atom is -0.355 e. The Hall–Kier alpha value is -1.63. The summed E-state index contributed by atoms with van der Waals surface area (Å²) in [6, 6.07) is 7.68. The number of piperazine rings is 1. The van der Waals surface area contributed by atoms with Crippen molar-refractivity contribution >= 4 is 23.4 Å². The van der Waals surface area contributed by atoms with Crippen LogP contribution in [0, 0.1) is 0 Å². The van der Waals surface area contributed by atoms with Crippen LogP contribution in [0.1, 0.15) is 18.9 Å². The summed E-state index contributed by atoms with van der Waals surface area (Å²) in [4.78, 5) is 30.3. The fourth-order valence-electron chi connectivity index (χ4n) is 2.97. The summed E-state index contributed by atoms with van der Waals surface area (Å²) in [5.74, 6) is 0.200. The number of hydrogen-bond donors (Lipinski definition) is 1. The van der Waals surface area contributed by atoms with Gasteiger partial charge in [-0.05, 0) is 31.2 Å². The van der Waals surface area contributed by atoms with Gasteiger partial charge in [-0.1, -0.05) is 30.7 Å². The Morgan fingerprint density at radius 2 is 1.81 bits per heavy atom. The van der Waals surface area contributed by atoms with Gasteiger partial charge in [-0.2, -0.15) is 0 Å². The number of benzene rings is 1. The predicted molar refractivity (Wildman–Crippen MR) is 104 cm³/mol. The second-order valence-electron chi connectivity index (χ2n) is 6.81. The highest BCUT2D eigenvalue weighted by Gasteiger charge is 2.23. The first-order chi connectivity index (χ1) is 12.5. The van der Waals surface area contributed by atoms with E-state index in [1.807, 2.05) is 48.0 Å². The Kier molecular flexibility index (Phi) is 8.35. The molecule has 1 heterocycles. The van der Waals surface area contributed by atoms with Gasteiger partial charge >= 0.3 is 0 Å². The summed E-state index contributed by atoms with van der Waals surface area (Å²) in [5.41, 5.74) is 1.13. The van der Waals surface area contributed by atoms with Crippen LogP contribution in [0.25, 0.3) is 0 Å². The van der Waals surface area contributed by atoms with Gasteiger partial charge in [0.25, 0.3) is 0 Å². The molecular weight excluding hydrogens is 352 g/mol. The molecule has 2 amide bonds. The molecule has 1 aromatic carbocycles. The standard InChI is InChI=1S/C19H29ClN4O2/c1-3-8-21-18(25)14-23-9-11-24(12-10-23)19(26)15-22(2)13-16-4-6-17(20)7-5-16/h4-7H,3,8-15H2,1-2H3,(H,21,25). The molecule has 1 aliphatic heterocycles. The molecule has 26 heavy (non-hydrogen) atoms. The van der Waals surface area contributed by atoms with E-state index in [-0.39, 0.29) is 11.8 Å². The largest absolute Gasteiger partial charge is 0.355 e. The van der Waals surface area contributed by atoms with Crippen LogP contribution < -0.4 is 5.32 Å². The molecule has 0 aromatic heterocycles. The van der Waals surface area contributed by atoms with Crippen LogP contribution in [-0.4, -0.2) is 79.4 Å². The van der Waals surface area contributed by atoms with Gasteiger partial charge in [-0.3, -0.25) is 19.4 Å². The van der Waals surface area contributed by atoms with Crippen molar-refractivity contribution in [3.8, 4) is 0 Å². The number of carbonyl (C=O) groups excluding carboxylic acids is 2. The van der Waals surface area contributed by atoms with Gasteiger partial charge in [0.1, 0.15) is 0 Å². The highest BCUT2D eigenvalue weighted by atomic mass is 35.5. The summed E-state index contributed by atoms with van der Waals surface area (Å²) in [6.45, 7) is 7.10. The third-order valence-corrected chi connectivity index (χ3v) is 4.69. The number of nitrogens with one attached hydrogen (secondary N) is 1. The van der Waals surface area contributed by atoms with Crippen molar-refractivity contribution in [2.24, 2.45) is 0 Å². The fraction of sp³-hybridized carbons (Fsp3) is 0.579. The number of carbonyl (C=O) groups is 2. The van der Waals surface area contributed by atoms with Gasteiger partial charge in [-0.25, -0.2) is 0 Å². The number of amides is 2. The molecule has 1 N–H and O–H groups in total. The van der Waals surface area contributed by atoms with Crippen molar-refractivity contribution in [3.63, 3.8) is 0 Å². The second kappa shape index (κ2) is 10.5. The molecular formula is C19H29ClN4O2. The van der Waals surface area contributed by atoms with E-state index in [1.165, 1.54) is 0 Å². The lowest BCUT2D eigenvalue weighted by molar-refractivity contribution is -0.134. The molecule has 0 saturated carbocycles. The molecule has 1 fully saturated rings. The average Bonchev–Trinajstić information content (AvgIpc) is 2.62. The number of halogens is 1. The Bertz CT molecular complexity index is 586. The maximum absolute atomic E-state index is 12.5. The van der Waals surface area contributed by atoms with E-state index in [1.54, 1.807) is 0 Å². The summed E-state index contributed by atoms with van der Waals surface area (Å²) >= 11 is 5.90. The van der Waals surface area contributed by atoms with Gasteiger partial charge in [0.05, 0.1) is 13.1 Å². The number of rotatable bonds is 8. The first kappa shape index (κ1) is 20.7. The summed E-state index contributed by atoms with van der Waals surface area (Å²) in [5, 5.41) is 3.61. The molecule has 0 aliphatic carbocycles. The van der Waals surface area contributed by atoms with E-state index in [0.717, 1.165) is 31.6 Å². The van der Waals surface area contributed by atoms with Crippen LogP contribution in [0.3, 0.4) is 0 Å². The molecule has 0 radical (unpaired) electrons. The lowest BCUT2D eigenvalue weighted by Crippen LogP contribution is -2.52. The van der Waals surface area contributed by atoms with Gasteiger partial charge in [0.15, 0.2) is 0 Å². The molecule has 0 atom stereocenters. The third kappa shape index (κ3) is 6.94. The molecule has 2 rings (SSSR count). The monoisotopic (exact) mass is 380 g/mol. The Morgan fingerprint density at radius 1 is 1.15 bits per heavy atom. The first-order valence-corrected chi connectivity index (χ1v) is 9.55. The number of hydrogen-bond acceptors (Lipinski definition) is 4. The normalized spacial score (nSPS) is 15.3. The SMILES string of the molecule is CCCNC(=O)CN1CCN(C(=O)CN(C)Cc2ccc(Cl)cc2)CC1. The quantitative estimate of drug-likeness (QED) is 0.741. The van der Waals surface area contributed by atoms with Gasteiger partial charge in [0, 0.05) is 44.3 Å². The lowest BCUT2D eigenvalue weighted by Gasteiger charge is -2.35. The molecule has 0 bridgehead atoms. The van der Waals surface area contributed by atoms with E-state index in [0.29, 0.717) is 37.7 Å². The van der Waals surface area contributed by atoms with Crippen LogP contribution in [0.2, 0.25) is 5.02 Å². The van der Waals surface area contributed by atoms with E-state index in [4.69, 9.17) is 11.6 Å². The van der Waals surface area contributed by atoms with Crippen LogP contribution >= 0.6 is 11.6 Å². The number of likely N-dealkylation sites (N-methyl/N-ethyl adjacent to an activating group) is 1. The average molecular weight is 381 g/mol. The van der Waals surface area contributed by atoms with E-state index < -0.39 is 0 Å². The Balaban J connectivity index is 1.70. The zero-order valence-corrected chi connectivity index (χ0v) is 16.5. The van der Waals surface area contributed by atoms with Crippen molar-refractivity contribution in [1.29, 1.82) is 0 Å². The summed E-state index contributed by atoms with van der Waals surface area (Å²) < 4.78 is 0. The van der Waals surface area contributed by atoms with Crippen molar-refractivity contribution in [2.75, 3.05) is 52.9 Å². The van der Waals surface area contributed by atoms with Crippen molar-refractivity contribution in [1.82, 2.24) is 20.0 Å². The van der Waals surface area contributed by atoms with Crippen LogP contribution in [0.4, 0.5) is 0 Å². The van der Waals surface area contributed by atoms with Crippen LogP contribution in [0.15, 0.2) is 24.3 Å². The molecule has 1 aromatic rings. The van der Waals surface area contributed by atoms with Crippen LogP contribution in [-0.2, 0) is 16.1 Å². The van der Waals surface area contributed by atoms with E-state index in [2.05, 4.69) is 10.2 Å². The Morgan fingerprint density at radius 3 is 2.42 bits per heavy atom. The van der Waals surface area contributed by atoms with Gasteiger partial charge in [0.2, 0.25) is 11.8 Å². The van der Waals surface area contributed by atoms with Gasteiger partial charge in [-0.15, -0.1) is 0 Å². The minimum absolute atomic E-state index is 0.0642. The first-order valence-electron chi connectivity index (χ1n) is 9.17. The fourth-order valence-corrected chi connectivity index (χ4v) is 3.09. The van der Waals surface area contributed by atoms with E-state index in [9.17, 15) is 9.59 Å². The minimum atomic E-state index is 0.0642. The van der Waals surface area contributed by atoms with Crippen molar-refractivity contribution < 1.29 is 9.59 Å². The van der Waals surface area contributed by atoms with Gasteiger partial charge < -0.3 is 10.2 Å². The third-order valence-electron chi connectivity index (χ3n) is 4.44. The molecule has 7 heteroatoms. The second-order valence-corrected chi connectivity index (χ2v) is 7.24. The van der Waals surface area contributed by atoms with Crippen LogP contribution in [0.5, 0.6) is 0 Å². The smallest absolute Gasteiger partial charge is 0.236 e. The maximum Gasteiger partial charge on any atom is 0.236 e. The highest BCUT2D eigenvalue weighted by Crippen LogP contribution is 2.11. The van der Waals surface area contributed by atoms with E-state index >= 15 is 0 Å². The molecule has 1 aliphatic rings. The zero-order valence-electron chi connectivity index (χ0n) is 15.7. The van der Waals surface area contributed by atoms with Crippen molar-refractivity contribution in [2.45, 2.75) is 19.9 Å². The molecule has 6 nitrogen and oxygen atoms in total.